The Balaban J connectivity index is 1.46. The van der Waals surface area contributed by atoms with Crippen LogP contribution in [0.15, 0.2) is 54.6 Å². The maximum absolute atomic E-state index is 13.2. The Kier molecular flexibility index (Phi) is 5.14. The van der Waals surface area contributed by atoms with Crippen molar-refractivity contribution < 1.29 is 13.5 Å². The van der Waals surface area contributed by atoms with Crippen LogP contribution in [0.5, 0.6) is 5.75 Å². The first-order valence-corrected chi connectivity index (χ1v) is 9.18. The van der Waals surface area contributed by atoms with Gasteiger partial charge in [-0.05, 0) is 43.0 Å². The van der Waals surface area contributed by atoms with Crippen molar-refractivity contribution in [3.8, 4) is 5.75 Å². The lowest BCUT2D eigenvalue weighted by Crippen LogP contribution is -2.36. The van der Waals surface area contributed by atoms with Crippen LogP contribution < -0.4 is 9.64 Å². The van der Waals surface area contributed by atoms with Crippen molar-refractivity contribution in [2.24, 2.45) is 5.92 Å². The van der Waals surface area contributed by atoms with Gasteiger partial charge in [0.05, 0.1) is 12.1 Å². The fourth-order valence-corrected chi connectivity index (χ4v) is 3.46. The zero-order valence-corrected chi connectivity index (χ0v) is 14.9. The Hall–Kier alpha value is -2.76. The van der Waals surface area contributed by atoms with Crippen molar-refractivity contribution in [3.63, 3.8) is 0 Å². The summed E-state index contributed by atoms with van der Waals surface area (Å²) < 4.78 is 32.3. The lowest BCUT2D eigenvalue weighted by atomic mass is 9.97. The van der Waals surface area contributed by atoms with E-state index in [0.717, 1.165) is 37.1 Å². The lowest BCUT2D eigenvalue weighted by Gasteiger charge is -2.33. The van der Waals surface area contributed by atoms with Gasteiger partial charge in [-0.1, -0.05) is 30.3 Å². The number of piperidine rings is 1. The summed E-state index contributed by atoms with van der Waals surface area (Å²) in [6.07, 6.45) is -0.796. The predicted molar refractivity (Wildman–Crippen MR) is 101 cm³/mol. The molecule has 27 heavy (non-hydrogen) atoms. The molecule has 0 amide bonds. The van der Waals surface area contributed by atoms with E-state index in [0.29, 0.717) is 23.9 Å². The van der Waals surface area contributed by atoms with Crippen molar-refractivity contribution in [1.82, 2.24) is 9.97 Å². The molecule has 140 valence electrons. The number of fused-ring (bicyclic) bond motifs is 1. The third-order valence-corrected chi connectivity index (χ3v) is 4.94. The molecule has 1 fully saturated rings. The summed E-state index contributed by atoms with van der Waals surface area (Å²) in [6, 6.07) is 17.1. The highest BCUT2D eigenvalue weighted by molar-refractivity contribution is 5.89. The molecule has 2 aromatic carbocycles. The summed E-state index contributed by atoms with van der Waals surface area (Å²) in [5.41, 5.74) is 0.562. The van der Waals surface area contributed by atoms with Crippen LogP contribution in [0.2, 0.25) is 0 Å². The Morgan fingerprint density at radius 3 is 2.41 bits per heavy atom. The Bertz CT molecular complexity index is 896. The Morgan fingerprint density at radius 2 is 1.67 bits per heavy atom. The number of hydrogen-bond donors (Lipinski definition) is 0. The summed E-state index contributed by atoms with van der Waals surface area (Å²) in [4.78, 5) is 10.3. The van der Waals surface area contributed by atoms with Gasteiger partial charge in [0.25, 0.3) is 6.43 Å². The number of halogens is 2. The second-order valence-corrected chi connectivity index (χ2v) is 6.78. The molecule has 0 atom stereocenters. The minimum absolute atomic E-state index is 0.404. The van der Waals surface area contributed by atoms with Gasteiger partial charge in [-0.2, -0.15) is 0 Å². The van der Waals surface area contributed by atoms with Crippen molar-refractivity contribution in [3.05, 3.63) is 60.4 Å². The van der Waals surface area contributed by atoms with E-state index in [1.807, 2.05) is 48.5 Å². The number of nitrogens with zero attached hydrogens (tertiary/aromatic N) is 3. The van der Waals surface area contributed by atoms with Crippen molar-refractivity contribution >= 4 is 16.7 Å². The highest BCUT2D eigenvalue weighted by Crippen LogP contribution is 2.30. The van der Waals surface area contributed by atoms with Crippen LogP contribution in [-0.4, -0.2) is 29.7 Å². The van der Waals surface area contributed by atoms with Crippen LogP contribution in [0, 0.1) is 5.92 Å². The van der Waals surface area contributed by atoms with Crippen molar-refractivity contribution in [2.45, 2.75) is 19.3 Å². The number of alkyl halides is 2. The van der Waals surface area contributed by atoms with Gasteiger partial charge < -0.3 is 9.64 Å². The average Bonchev–Trinajstić information content (AvgIpc) is 2.72. The van der Waals surface area contributed by atoms with Gasteiger partial charge >= 0.3 is 0 Å². The smallest absolute Gasteiger partial charge is 0.297 e. The van der Waals surface area contributed by atoms with Crippen LogP contribution in [0.25, 0.3) is 10.9 Å². The van der Waals surface area contributed by atoms with Gasteiger partial charge in [-0.15, -0.1) is 0 Å². The van der Waals surface area contributed by atoms with Gasteiger partial charge in [0.2, 0.25) is 0 Å². The quantitative estimate of drug-likeness (QED) is 0.644. The van der Waals surface area contributed by atoms with Crippen LogP contribution in [0.1, 0.15) is 25.1 Å². The summed E-state index contributed by atoms with van der Waals surface area (Å²) in [7, 11) is 0. The molecule has 0 unspecified atom stereocenters. The zero-order chi connectivity index (χ0) is 18.6. The Labute approximate surface area is 156 Å². The Morgan fingerprint density at radius 1 is 0.963 bits per heavy atom. The van der Waals surface area contributed by atoms with E-state index in [2.05, 4.69) is 14.9 Å². The number of anilines is 1. The number of ether oxygens (including phenoxy) is 1. The largest absolute Gasteiger partial charge is 0.493 e. The molecule has 0 aliphatic carbocycles. The molecule has 1 aliphatic rings. The van der Waals surface area contributed by atoms with E-state index in [4.69, 9.17) is 4.74 Å². The normalized spacial score (nSPS) is 15.4. The lowest BCUT2D eigenvalue weighted by molar-refractivity contribution is 0.141. The molecule has 4 rings (SSSR count). The molecule has 6 heteroatoms. The van der Waals surface area contributed by atoms with Gasteiger partial charge in [0.15, 0.2) is 5.82 Å². The predicted octanol–water partition coefficient (Wildman–Crippen LogP) is 4.86. The van der Waals surface area contributed by atoms with Crippen molar-refractivity contribution in [1.29, 1.82) is 0 Å². The second kappa shape index (κ2) is 7.86. The fourth-order valence-electron chi connectivity index (χ4n) is 3.46. The number of rotatable bonds is 5. The number of benzene rings is 2. The monoisotopic (exact) mass is 369 g/mol. The molecule has 1 saturated heterocycles. The number of para-hydroxylation sites is 2. The SMILES string of the molecule is FC(F)c1nc(N2CCC(COc3ccccc3)CC2)c2ccccc2n1. The highest BCUT2D eigenvalue weighted by Gasteiger charge is 2.24. The average molecular weight is 369 g/mol. The van der Waals surface area contributed by atoms with E-state index in [9.17, 15) is 8.78 Å². The second-order valence-electron chi connectivity index (χ2n) is 6.78. The summed E-state index contributed by atoms with van der Waals surface area (Å²) >= 11 is 0. The molecule has 0 N–H and O–H groups in total. The first-order valence-electron chi connectivity index (χ1n) is 9.18. The van der Waals surface area contributed by atoms with Crippen LogP contribution in [-0.2, 0) is 0 Å². The van der Waals surface area contributed by atoms with Gasteiger partial charge in [0, 0.05) is 18.5 Å². The molecule has 0 spiro atoms. The summed E-state index contributed by atoms with van der Waals surface area (Å²) in [6.45, 7) is 2.21. The minimum Gasteiger partial charge on any atom is -0.493 e. The van der Waals surface area contributed by atoms with E-state index in [1.165, 1.54) is 0 Å². The zero-order valence-electron chi connectivity index (χ0n) is 14.9. The topological polar surface area (TPSA) is 38.2 Å². The summed E-state index contributed by atoms with van der Waals surface area (Å²) in [5.74, 6) is 1.53. The van der Waals surface area contributed by atoms with Crippen LogP contribution >= 0.6 is 0 Å². The van der Waals surface area contributed by atoms with Crippen molar-refractivity contribution in [2.75, 3.05) is 24.6 Å². The van der Waals surface area contributed by atoms with Gasteiger partial charge in [-0.3, -0.25) is 0 Å². The molecule has 0 saturated carbocycles. The molecule has 0 radical (unpaired) electrons. The van der Waals surface area contributed by atoms with Gasteiger partial charge in [-0.25, -0.2) is 18.7 Å². The minimum atomic E-state index is -2.68. The highest BCUT2D eigenvalue weighted by atomic mass is 19.3. The van der Waals surface area contributed by atoms with Gasteiger partial charge in [0.1, 0.15) is 11.6 Å². The molecular weight excluding hydrogens is 348 g/mol. The number of hydrogen-bond acceptors (Lipinski definition) is 4. The van der Waals surface area contributed by atoms with Crippen LogP contribution in [0.3, 0.4) is 0 Å². The fraction of sp³-hybridized carbons (Fsp3) is 0.333. The first kappa shape index (κ1) is 17.6. The van der Waals surface area contributed by atoms with Crippen LogP contribution in [0.4, 0.5) is 14.6 Å². The molecule has 4 nitrogen and oxygen atoms in total. The maximum atomic E-state index is 13.2. The molecule has 3 aromatic rings. The third-order valence-electron chi connectivity index (χ3n) is 4.94. The summed E-state index contributed by atoms with van der Waals surface area (Å²) in [5, 5.41) is 0.820. The van der Waals surface area contributed by atoms with E-state index in [1.54, 1.807) is 6.07 Å². The standard InChI is InChI=1S/C21H21F2N3O/c22-19(23)20-24-18-9-5-4-8-17(18)21(25-20)26-12-10-15(11-13-26)14-27-16-6-2-1-3-7-16/h1-9,15,19H,10-14H2. The molecular formula is C21H21F2N3O. The number of aromatic nitrogens is 2. The van der Waals surface area contributed by atoms with E-state index >= 15 is 0 Å². The molecule has 2 heterocycles. The first-order chi connectivity index (χ1) is 13.2. The maximum Gasteiger partial charge on any atom is 0.297 e. The van der Waals surface area contributed by atoms with E-state index in [-0.39, 0.29) is 0 Å². The molecule has 1 aromatic heterocycles. The molecule has 0 bridgehead atoms. The van der Waals surface area contributed by atoms with E-state index < -0.39 is 12.2 Å². The molecule has 1 aliphatic heterocycles. The third kappa shape index (κ3) is 3.99.